The first-order valence-corrected chi connectivity index (χ1v) is 6.99. The van der Waals surface area contributed by atoms with Gasteiger partial charge in [0.1, 0.15) is 0 Å². The Hall–Kier alpha value is -2.45. The maximum absolute atomic E-state index is 9.24. The Bertz CT molecular complexity index is 871. The van der Waals surface area contributed by atoms with E-state index in [9.17, 15) is 5.26 Å². The van der Waals surface area contributed by atoms with Crippen molar-refractivity contribution in [2.45, 2.75) is 18.3 Å². The third-order valence-electron chi connectivity index (χ3n) is 3.95. The fraction of sp³-hybridized carbons (Fsp3) is 0.200. The molecule has 0 saturated heterocycles. The molecule has 0 radical (unpaired) electrons. The molecule has 5 nitrogen and oxygen atoms in total. The Morgan fingerprint density at radius 1 is 1.19 bits per heavy atom. The third-order valence-corrected chi connectivity index (χ3v) is 4.19. The lowest BCUT2D eigenvalue weighted by molar-refractivity contribution is 0.907. The molecule has 102 valence electrons. The lowest BCUT2D eigenvalue weighted by atomic mass is 9.96. The van der Waals surface area contributed by atoms with E-state index >= 15 is 0 Å². The highest BCUT2D eigenvalue weighted by Gasteiger charge is 2.44. The molecule has 21 heavy (non-hydrogen) atoms. The first kappa shape index (κ1) is 12.3. The molecule has 1 saturated carbocycles. The van der Waals surface area contributed by atoms with E-state index in [-0.39, 0.29) is 10.6 Å². The van der Waals surface area contributed by atoms with Gasteiger partial charge in [0.25, 0.3) is 0 Å². The van der Waals surface area contributed by atoms with Crippen LogP contribution in [0.4, 0.5) is 0 Å². The second-order valence-electron chi connectivity index (χ2n) is 5.21. The summed E-state index contributed by atoms with van der Waals surface area (Å²) in [5.74, 6) is 0.681. The Labute approximate surface area is 125 Å². The van der Waals surface area contributed by atoms with Crippen LogP contribution < -0.4 is 0 Å². The number of aromatic nitrogens is 4. The van der Waals surface area contributed by atoms with Crippen LogP contribution in [0.15, 0.2) is 36.7 Å². The molecule has 1 aromatic carbocycles. The highest BCUT2D eigenvalue weighted by Crippen LogP contribution is 2.47. The number of benzene rings is 1. The molecular formula is C15H10ClN5. The zero-order valence-corrected chi connectivity index (χ0v) is 11.7. The molecule has 6 heteroatoms. The Kier molecular flexibility index (Phi) is 2.50. The topological polar surface area (TPSA) is 66.9 Å². The number of fused-ring (bicyclic) bond motifs is 1. The van der Waals surface area contributed by atoms with E-state index in [1.54, 1.807) is 12.4 Å². The van der Waals surface area contributed by atoms with E-state index in [4.69, 9.17) is 11.6 Å². The third kappa shape index (κ3) is 1.80. The summed E-state index contributed by atoms with van der Waals surface area (Å²) in [6, 6.07) is 10.3. The van der Waals surface area contributed by atoms with Crippen molar-refractivity contribution in [1.29, 1.82) is 5.26 Å². The first-order chi connectivity index (χ1) is 10.2. The van der Waals surface area contributed by atoms with Gasteiger partial charge in [0.15, 0.2) is 16.6 Å². The molecule has 2 heterocycles. The normalized spacial score (nSPS) is 15.8. The maximum atomic E-state index is 9.24. The number of nitrogens with zero attached hydrogens (tertiary/aromatic N) is 5. The fourth-order valence-corrected chi connectivity index (χ4v) is 2.71. The smallest absolute Gasteiger partial charge is 0.195 e. The Morgan fingerprint density at radius 2 is 1.95 bits per heavy atom. The van der Waals surface area contributed by atoms with E-state index in [1.165, 1.54) is 0 Å². The van der Waals surface area contributed by atoms with Crippen LogP contribution in [-0.4, -0.2) is 19.6 Å². The van der Waals surface area contributed by atoms with Crippen molar-refractivity contribution in [3.8, 4) is 17.5 Å². The van der Waals surface area contributed by atoms with Crippen LogP contribution in [0.1, 0.15) is 18.4 Å². The number of hydrogen-bond acceptors (Lipinski definition) is 4. The molecule has 1 aliphatic rings. The number of rotatable bonds is 2. The van der Waals surface area contributed by atoms with Crippen molar-refractivity contribution in [1.82, 2.24) is 19.6 Å². The van der Waals surface area contributed by atoms with Gasteiger partial charge >= 0.3 is 0 Å². The summed E-state index contributed by atoms with van der Waals surface area (Å²) in [4.78, 5) is 4.17. The van der Waals surface area contributed by atoms with Crippen LogP contribution in [0.2, 0.25) is 5.15 Å². The molecular weight excluding hydrogens is 286 g/mol. The van der Waals surface area contributed by atoms with Gasteiger partial charge in [-0.25, -0.2) is 4.98 Å². The second kappa shape index (κ2) is 4.27. The van der Waals surface area contributed by atoms with Crippen LogP contribution in [-0.2, 0) is 5.41 Å². The summed E-state index contributed by atoms with van der Waals surface area (Å²) >= 11 is 5.98. The van der Waals surface area contributed by atoms with E-state index in [0.29, 0.717) is 11.5 Å². The van der Waals surface area contributed by atoms with Gasteiger partial charge in [-0.3, -0.25) is 4.40 Å². The van der Waals surface area contributed by atoms with E-state index < -0.39 is 0 Å². The van der Waals surface area contributed by atoms with Gasteiger partial charge in [-0.1, -0.05) is 35.9 Å². The maximum Gasteiger partial charge on any atom is 0.195 e. The average molecular weight is 296 g/mol. The minimum atomic E-state index is -0.269. The molecule has 0 spiro atoms. The van der Waals surface area contributed by atoms with Crippen LogP contribution in [0.25, 0.3) is 17.0 Å². The molecule has 1 aliphatic carbocycles. The van der Waals surface area contributed by atoms with Gasteiger partial charge in [0.05, 0.1) is 11.5 Å². The highest BCUT2D eigenvalue weighted by atomic mass is 35.5. The Balaban J connectivity index is 1.81. The standard InChI is InChI=1S/C15H10ClN5/c16-12-14-18-7-8-21(14)13(20-19-12)10-1-3-11(4-2-10)15(9-17)5-6-15/h1-4,7-8H,5-6H2. The average Bonchev–Trinajstić information content (AvgIpc) is 3.17. The lowest BCUT2D eigenvalue weighted by Gasteiger charge is -2.08. The van der Waals surface area contributed by atoms with Crippen molar-refractivity contribution < 1.29 is 0 Å². The van der Waals surface area contributed by atoms with Crippen LogP contribution in [0, 0.1) is 11.3 Å². The number of hydrogen-bond donors (Lipinski definition) is 0. The summed E-state index contributed by atoms with van der Waals surface area (Å²) < 4.78 is 1.81. The second-order valence-corrected chi connectivity index (χ2v) is 5.56. The van der Waals surface area contributed by atoms with Crippen LogP contribution >= 0.6 is 11.6 Å². The molecule has 1 fully saturated rings. The van der Waals surface area contributed by atoms with Gasteiger partial charge in [0.2, 0.25) is 0 Å². The van der Waals surface area contributed by atoms with Crippen molar-refractivity contribution in [2.75, 3.05) is 0 Å². The highest BCUT2D eigenvalue weighted by molar-refractivity contribution is 6.32. The summed E-state index contributed by atoms with van der Waals surface area (Å²) in [5.41, 5.74) is 2.30. The fourth-order valence-electron chi connectivity index (χ4n) is 2.54. The van der Waals surface area contributed by atoms with Gasteiger partial charge in [-0.2, -0.15) is 5.26 Å². The number of imidazole rings is 1. The van der Waals surface area contributed by atoms with Gasteiger partial charge < -0.3 is 0 Å². The van der Waals surface area contributed by atoms with Crippen molar-refractivity contribution in [3.05, 3.63) is 47.4 Å². The monoisotopic (exact) mass is 295 g/mol. The summed E-state index contributed by atoms with van der Waals surface area (Å²) in [6.45, 7) is 0. The summed E-state index contributed by atoms with van der Waals surface area (Å²) in [5, 5.41) is 17.6. The molecule has 0 unspecified atom stereocenters. The van der Waals surface area contributed by atoms with Crippen molar-refractivity contribution in [2.24, 2.45) is 0 Å². The largest absolute Gasteiger partial charge is 0.280 e. The number of halogens is 1. The summed E-state index contributed by atoms with van der Waals surface area (Å²) in [7, 11) is 0. The van der Waals surface area contributed by atoms with Crippen LogP contribution in [0.5, 0.6) is 0 Å². The van der Waals surface area contributed by atoms with Gasteiger partial charge in [-0.05, 0) is 18.4 Å². The molecule has 3 aromatic rings. The quantitative estimate of drug-likeness (QED) is 0.729. The molecule has 0 amide bonds. The SMILES string of the molecule is N#CC1(c2ccc(-c3nnc(Cl)c4nccn34)cc2)CC1. The molecule has 2 aromatic heterocycles. The summed E-state index contributed by atoms with van der Waals surface area (Å²) in [6.07, 6.45) is 5.35. The minimum absolute atomic E-state index is 0.269. The van der Waals surface area contributed by atoms with E-state index in [0.717, 1.165) is 24.0 Å². The molecule has 0 N–H and O–H groups in total. The van der Waals surface area contributed by atoms with Gasteiger partial charge in [-0.15, -0.1) is 10.2 Å². The van der Waals surface area contributed by atoms with Crippen molar-refractivity contribution in [3.63, 3.8) is 0 Å². The Morgan fingerprint density at radius 3 is 2.62 bits per heavy atom. The zero-order valence-electron chi connectivity index (χ0n) is 11.0. The molecule has 0 bridgehead atoms. The van der Waals surface area contributed by atoms with Crippen LogP contribution in [0.3, 0.4) is 0 Å². The zero-order chi connectivity index (χ0) is 14.4. The minimum Gasteiger partial charge on any atom is -0.280 e. The number of nitriles is 1. The van der Waals surface area contributed by atoms with E-state index in [2.05, 4.69) is 21.3 Å². The molecule has 0 aliphatic heterocycles. The van der Waals surface area contributed by atoms with Crippen molar-refractivity contribution >= 4 is 17.2 Å². The first-order valence-electron chi connectivity index (χ1n) is 6.61. The molecule has 4 rings (SSSR count). The predicted molar refractivity (Wildman–Crippen MR) is 77.8 cm³/mol. The van der Waals surface area contributed by atoms with E-state index in [1.807, 2.05) is 28.7 Å². The lowest BCUT2D eigenvalue weighted by Crippen LogP contribution is -2.03. The predicted octanol–water partition coefficient (Wildman–Crippen LogP) is 3.00. The van der Waals surface area contributed by atoms with Gasteiger partial charge in [0, 0.05) is 18.0 Å². The molecule has 0 atom stereocenters.